The first-order valence-electron chi connectivity index (χ1n) is 7.33. The Bertz CT molecular complexity index is 551. The van der Waals surface area contributed by atoms with Gasteiger partial charge in [-0.1, -0.05) is 0 Å². The minimum atomic E-state index is -0.517. The molecule has 2 heterocycles. The van der Waals surface area contributed by atoms with Gasteiger partial charge in [-0.3, -0.25) is 9.59 Å². The largest absolute Gasteiger partial charge is 0.367 e. The Labute approximate surface area is 124 Å². The summed E-state index contributed by atoms with van der Waals surface area (Å²) in [7, 11) is 0. The van der Waals surface area contributed by atoms with Crippen LogP contribution in [-0.2, 0) is 16.1 Å². The van der Waals surface area contributed by atoms with Gasteiger partial charge in [-0.25, -0.2) is 0 Å². The van der Waals surface area contributed by atoms with Gasteiger partial charge in [0.2, 0.25) is 5.91 Å². The van der Waals surface area contributed by atoms with E-state index in [9.17, 15) is 9.59 Å². The molecular formula is C15H23N3O3. The molecule has 6 nitrogen and oxygen atoms in total. The quantitative estimate of drug-likeness (QED) is 0.845. The highest BCUT2D eigenvalue weighted by Crippen LogP contribution is 2.19. The van der Waals surface area contributed by atoms with Crippen molar-refractivity contribution in [1.29, 1.82) is 0 Å². The first-order valence-corrected chi connectivity index (χ1v) is 7.33. The molecule has 0 saturated carbocycles. The first-order chi connectivity index (χ1) is 9.93. The van der Waals surface area contributed by atoms with Crippen molar-refractivity contribution in [2.45, 2.75) is 52.4 Å². The van der Waals surface area contributed by atoms with Crippen molar-refractivity contribution in [3.05, 3.63) is 23.0 Å². The molecule has 2 rings (SSSR count). The smallest absolute Gasteiger partial charge is 0.253 e. The first kappa shape index (κ1) is 15.6. The highest BCUT2D eigenvalue weighted by atomic mass is 16.5. The third-order valence-electron chi connectivity index (χ3n) is 4.05. The Morgan fingerprint density at radius 3 is 2.67 bits per heavy atom. The van der Waals surface area contributed by atoms with Crippen LogP contribution in [0.3, 0.4) is 0 Å². The highest BCUT2D eigenvalue weighted by molar-refractivity contribution is 5.95. The topological polar surface area (TPSA) is 86.4 Å². The molecular weight excluding hydrogens is 270 g/mol. The van der Waals surface area contributed by atoms with E-state index in [1.807, 2.05) is 19.9 Å². The number of rotatable bonds is 5. The average molecular weight is 293 g/mol. The molecule has 2 amide bonds. The van der Waals surface area contributed by atoms with Gasteiger partial charge < -0.3 is 20.4 Å². The van der Waals surface area contributed by atoms with E-state index in [0.29, 0.717) is 18.5 Å². The normalized spacial score (nSPS) is 21.5. The maximum Gasteiger partial charge on any atom is 0.253 e. The number of hydrogen-bond donors (Lipinski definition) is 2. The van der Waals surface area contributed by atoms with E-state index in [1.165, 1.54) is 0 Å². The van der Waals surface area contributed by atoms with E-state index in [-0.39, 0.29) is 12.0 Å². The monoisotopic (exact) mass is 293 g/mol. The van der Waals surface area contributed by atoms with Gasteiger partial charge in [0.05, 0.1) is 11.7 Å². The molecule has 3 N–H and O–H groups in total. The molecule has 0 spiro atoms. The van der Waals surface area contributed by atoms with Gasteiger partial charge in [0, 0.05) is 24.5 Å². The molecule has 1 saturated heterocycles. The number of nitrogens with two attached hydrogens (primary N) is 1. The number of primary amides is 1. The van der Waals surface area contributed by atoms with Crippen molar-refractivity contribution in [1.82, 2.24) is 9.88 Å². The second-order valence-electron chi connectivity index (χ2n) is 5.47. The molecule has 1 aliphatic heterocycles. The molecule has 0 aromatic carbocycles. The lowest BCUT2D eigenvalue weighted by Gasteiger charge is -2.13. The molecule has 0 bridgehead atoms. The zero-order valence-corrected chi connectivity index (χ0v) is 12.8. The van der Waals surface area contributed by atoms with Gasteiger partial charge in [-0.15, -0.1) is 0 Å². The van der Waals surface area contributed by atoms with Gasteiger partial charge >= 0.3 is 0 Å². The van der Waals surface area contributed by atoms with Crippen molar-refractivity contribution in [3.63, 3.8) is 0 Å². The summed E-state index contributed by atoms with van der Waals surface area (Å²) in [5.41, 5.74) is 7.94. The Morgan fingerprint density at radius 1 is 1.43 bits per heavy atom. The van der Waals surface area contributed by atoms with Crippen LogP contribution in [0.2, 0.25) is 0 Å². The summed E-state index contributed by atoms with van der Waals surface area (Å²) in [4.78, 5) is 23.3. The van der Waals surface area contributed by atoms with Crippen molar-refractivity contribution in [2.75, 3.05) is 6.54 Å². The molecule has 1 aliphatic rings. The van der Waals surface area contributed by atoms with Crippen molar-refractivity contribution in [2.24, 2.45) is 5.73 Å². The molecule has 21 heavy (non-hydrogen) atoms. The van der Waals surface area contributed by atoms with Crippen LogP contribution in [-0.4, -0.2) is 35.1 Å². The van der Waals surface area contributed by atoms with Crippen LogP contribution in [0, 0.1) is 13.8 Å². The van der Waals surface area contributed by atoms with Crippen LogP contribution in [0.1, 0.15) is 41.5 Å². The van der Waals surface area contributed by atoms with Crippen LogP contribution in [0.5, 0.6) is 0 Å². The van der Waals surface area contributed by atoms with E-state index >= 15 is 0 Å². The lowest BCUT2D eigenvalue weighted by molar-refractivity contribution is -0.128. The van der Waals surface area contributed by atoms with Crippen LogP contribution in [0.25, 0.3) is 0 Å². The van der Waals surface area contributed by atoms with E-state index in [0.717, 1.165) is 24.4 Å². The lowest BCUT2D eigenvalue weighted by Crippen LogP contribution is -2.34. The van der Waals surface area contributed by atoms with Gasteiger partial charge in [0.1, 0.15) is 6.10 Å². The fourth-order valence-electron chi connectivity index (χ4n) is 2.88. The number of aromatic nitrogens is 1. The summed E-state index contributed by atoms with van der Waals surface area (Å²) in [5.74, 6) is -0.538. The maximum absolute atomic E-state index is 12.2. The van der Waals surface area contributed by atoms with Crippen molar-refractivity contribution < 1.29 is 14.3 Å². The van der Waals surface area contributed by atoms with E-state index < -0.39 is 12.0 Å². The van der Waals surface area contributed by atoms with Gasteiger partial charge in [-0.2, -0.15) is 0 Å². The summed E-state index contributed by atoms with van der Waals surface area (Å²) >= 11 is 0. The van der Waals surface area contributed by atoms with Gasteiger partial charge in [-0.05, 0) is 39.7 Å². The number of aryl methyl sites for hydroxylation is 1. The Morgan fingerprint density at radius 2 is 2.14 bits per heavy atom. The third-order valence-corrected chi connectivity index (χ3v) is 4.05. The SMILES string of the molecule is CCn1c(C)cc(C(=O)NC[C@H]2CC[C@@H](C(N)=O)O2)c1C. The predicted octanol–water partition coefficient (Wildman–Crippen LogP) is 0.888. The Hall–Kier alpha value is -1.82. The van der Waals surface area contributed by atoms with Crippen LogP contribution in [0.4, 0.5) is 0 Å². The Kier molecular flexibility index (Phi) is 4.67. The molecule has 0 unspecified atom stereocenters. The van der Waals surface area contributed by atoms with Crippen LogP contribution < -0.4 is 11.1 Å². The van der Waals surface area contributed by atoms with E-state index in [2.05, 4.69) is 16.8 Å². The molecule has 2 atom stereocenters. The highest BCUT2D eigenvalue weighted by Gasteiger charge is 2.29. The molecule has 116 valence electrons. The average Bonchev–Trinajstić information content (AvgIpc) is 3.01. The maximum atomic E-state index is 12.2. The fourth-order valence-corrected chi connectivity index (χ4v) is 2.88. The summed E-state index contributed by atoms with van der Waals surface area (Å²) in [6.45, 7) is 7.23. The number of carbonyl (C=O) groups is 2. The van der Waals surface area contributed by atoms with Crippen LogP contribution in [0.15, 0.2) is 6.07 Å². The minimum absolute atomic E-state index is 0.103. The minimum Gasteiger partial charge on any atom is -0.367 e. The molecule has 0 aliphatic carbocycles. The number of hydrogen-bond acceptors (Lipinski definition) is 3. The molecule has 1 aromatic rings. The zero-order valence-electron chi connectivity index (χ0n) is 12.8. The van der Waals surface area contributed by atoms with Crippen LogP contribution >= 0.6 is 0 Å². The molecule has 1 fully saturated rings. The van der Waals surface area contributed by atoms with E-state index in [1.54, 1.807) is 0 Å². The zero-order chi connectivity index (χ0) is 15.6. The fraction of sp³-hybridized carbons (Fsp3) is 0.600. The number of ether oxygens (including phenoxy) is 1. The third kappa shape index (κ3) is 3.26. The standard InChI is InChI=1S/C15H23N3O3/c1-4-18-9(2)7-12(10(18)3)15(20)17-8-11-5-6-13(21-11)14(16)19/h7,11,13H,4-6,8H2,1-3H3,(H2,16,19)(H,17,20)/t11-,13+/m1/s1. The predicted molar refractivity (Wildman–Crippen MR) is 79.0 cm³/mol. The Balaban J connectivity index is 1.93. The molecule has 1 aromatic heterocycles. The number of carbonyl (C=O) groups excluding carboxylic acids is 2. The van der Waals surface area contributed by atoms with Gasteiger partial charge in [0.25, 0.3) is 5.91 Å². The second kappa shape index (κ2) is 6.30. The summed E-state index contributed by atoms with van der Waals surface area (Å²) in [5, 5.41) is 2.88. The lowest BCUT2D eigenvalue weighted by atomic mass is 10.2. The molecule has 0 radical (unpaired) electrons. The number of nitrogens with one attached hydrogen (secondary N) is 1. The molecule has 6 heteroatoms. The summed E-state index contributed by atoms with van der Waals surface area (Å²) in [6, 6.07) is 1.90. The summed E-state index contributed by atoms with van der Waals surface area (Å²) < 4.78 is 7.60. The van der Waals surface area contributed by atoms with Gasteiger partial charge in [0.15, 0.2) is 0 Å². The number of nitrogens with zero attached hydrogens (tertiary/aromatic N) is 1. The van der Waals surface area contributed by atoms with Crippen molar-refractivity contribution >= 4 is 11.8 Å². The van der Waals surface area contributed by atoms with E-state index in [4.69, 9.17) is 10.5 Å². The number of amides is 2. The van der Waals surface area contributed by atoms with Crippen molar-refractivity contribution in [3.8, 4) is 0 Å². The second-order valence-corrected chi connectivity index (χ2v) is 5.47. The summed E-state index contributed by atoms with van der Waals surface area (Å²) in [6.07, 6.45) is 0.709.